The highest BCUT2D eigenvalue weighted by molar-refractivity contribution is 7.99. The highest BCUT2D eigenvalue weighted by Gasteiger charge is 2.00. The summed E-state index contributed by atoms with van der Waals surface area (Å²) < 4.78 is 5.14. The lowest BCUT2D eigenvalue weighted by atomic mass is 10.4. The van der Waals surface area contributed by atoms with Gasteiger partial charge in [-0.15, -0.1) is 0 Å². The van der Waals surface area contributed by atoms with E-state index >= 15 is 0 Å². The smallest absolute Gasteiger partial charge is 0.0861 e. The second kappa shape index (κ2) is 9.32. The van der Waals surface area contributed by atoms with Crippen LogP contribution < -0.4 is 0 Å². The molecule has 0 aromatic carbocycles. The Labute approximate surface area is 78.1 Å². The summed E-state index contributed by atoms with van der Waals surface area (Å²) in [4.78, 5) is 0. The van der Waals surface area contributed by atoms with E-state index in [-0.39, 0.29) is 6.61 Å². The lowest BCUT2D eigenvalue weighted by Crippen LogP contribution is -2.15. The summed E-state index contributed by atoms with van der Waals surface area (Å²) in [5, 5.41) is 17.4. The first-order chi connectivity index (χ1) is 5.81. The molecule has 0 aromatic heterocycles. The predicted octanol–water partition coefficient (Wildman–Crippen LogP) is 0.499. The maximum atomic E-state index is 8.96. The highest BCUT2D eigenvalue weighted by Crippen LogP contribution is 2.04. The zero-order valence-corrected chi connectivity index (χ0v) is 8.35. The van der Waals surface area contributed by atoms with E-state index in [1.807, 2.05) is 6.92 Å². The van der Waals surface area contributed by atoms with Crippen LogP contribution in [0.4, 0.5) is 0 Å². The Morgan fingerprint density at radius 2 is 2.25 bits per heavy atom. The third kappa shape index (κ3) is 8.33. The molecule has 12 heavy (non-hydrogen) atoms. The van der Waals surface area contributed by atoms with E-state index < -0.39 is 6.10 Å². The molecule has 74 valence electrons. The van der Waals surface area contributed by atoms with E-state index in [9.17, 15) is 0 Å². The maximum absolute atomic E-state index is 8.96. The summed E-state index contributed by atoms with van der Waals surface area (Å²) >= 11 is 1.65. The van der Waals surface area contributed by atoms with Gasteiger partial charge in [0.2, 0.25) is 0 Å². The molecule has 0 bridgehead atoms. The molecule has 1 unspecified atom stereocenters. The van der Waals surface area contributed by atoms with Crippen LogP contribution in [0.1, 0.15) is 13.3 Å². The molecule has 4 heteroatoms. The monoisotopic (exact) mass is 194 g/mol. The number of hydrogen-bond acceptors (Lipinski definition) is 4. The molecule has 0 radical (unpaired) electrons. The molecule has 0 amide bonds. The third-order valence-corrected chi connectivity index (χ3v) is 2.50. The fraction of sp³-hybridized carbons (Fsp3) is 1.00. The maximum Gasteiger partial charge on any atom is 0.0861 e. The van der Waals surface area contributed by atoms with Crippen molar-refractivity contribution in [1.29, 1.82) is 0 Å². The first kappa shape index (κ1) is 12.2. The molecule has 0 saturated heterocycles. The average molecular weight is 194 g/mol. The molecule has 0 saturated carbocycles. The molecule has 0 rings (SSSR count). The van der Waals surface area contributed by atoms with Crippen LogP contribution in [0, 0.1) is 0 Å². The normalized spacial score (nSPS) is 13.2. The summed E-state index contributed by atoms with van der Waals surface area (Å²) in [5.41, 5.74) is 0. The van der Waals surface area contributed by atoms with Crippen molar-refractivity contribution in [3.63, 3.8) is 0 Å². The van der Waals surface area contributed by atoms with Crippen LogP contribution >= 0.6 is 11.8 Å². The SMILES string of the molecule is CCOCCCSCC(O)CO. The van der Waals surface area contributed by atoms with Gasteiger partial charge in [0.1, 0.15) is 0 Å². The summed E-state index contributed by atoms with van der Waals surface area (Å²) in [7, 11) is 0. The van der Waals surface area contributed by atoms with Gasteiger partial charge in [-0.25, -0.2) is 0 Å². The van der Waals surface area contributed by atoms with Gasteiger partial charge in [0.25, 0.3) is 0 Å². The van der Waals surface area contributed by atoms with Crippen LogP contribution in [0.5, 0.6) is 0 Å². The van der Waals surface area contributed by atoms with Gasteiger partial charge >= 0.3 is 0 Å². The van der Waals surface area contributed by atoms with Crippen LogP contribution in [0.2, 0.25) is 0 Å². The Hall–Kier alpha value is 0.230. The summed E-state index contributed by atoms with van der Waals surface area (Å²) in [6.45, 7) is 3.39. The second-order valence-corrected chi connectivity index (χ2v) is 3.61. The van der Waals surface area contributed by atoms with Gasteiger partial charge in [0.15, 0.2) is 0 Å². The van der Waals surface area contributed by atoms with Crippen molar-refractivity contribution in [2.75, 3.05) is 31.3 Å². The Balaban J connectivity index is 2.90. The first-order valence-corrected chi connectivity index (χ1v) is 5.41. The molecule has 0 heterocycles. The van der Waals surface area contributed by atoms with Gasteiger partial charge in [0, 0.05) is 19.0 Å². The predicted molar refractivity (Wildman–Crippen MR) is 51.5 cm³/mol. The standard InChI is InChI=1S/C8H18O3S/c1-2-11-4-3-5-12-7-8(10)6-9/h8-10H,2-7H2,1H3. The van der Waals surface area contributed by atoms with Crippen molar-refractivity contribution in [3.05, 3.63) is 0 Å². The van der Waals surface area contributed by atoms with E-state index in [1.165, 1.54) is 0 Å². The summed E-state index contributed by atoms with van der Waals surface area (Å²) in [6.07, 6.45) is 0.443. The topological polar surface area (TPSA) is 49.7 Å². The van der Waals surface area contributed by atoms with Gasteiger partial charge < -0.3 is 14.9 Å². The quantitative estimate of drug-likeness (QED) is 0.552. The van der Waals surface area contributed by atoms with Gasteiger partial charge in [-0.1, -0.05) is 0 Å². The largest absolute Gasteiger partial charge is 0.394 e. The van der Waals surface area contributed by atoms with Crippen LogP contribution in [-0.4, -0.2) is 47.6 Å². The molecule has 0 fully saturated rings. The molecular weight excluding hydrogens is 176 g/mol. The number of thioether (sulfide) groups is 1. The van der Waals surface area contributed by atoms with E-state index in [2.05, 4.69) is 0 Å². The number of rotatable bonds is 8. The van der Waals surface area contributed by atoms with E-state index in [4.69, 9.17) is 14.9 Å². The van der Waals surface area contributed by atoms with Crippen molar-refractivity contribution >= 4 is 11.8 Å². The van der Waals surface area contributed by atoms with Crippen molar-refractivity contribution in [1.82, 2.24) is 0 Å². The van der Waals surface area contributed by atoms with Gasteiger partial charge in [-0.3, -0.25) is 0 Å². The molecule has 0 aliphatic heterocycles. The molecule has 0 aliphatic carbocycles. The Kier molecular flexibility index (Phi) is 9.50. The molecule has 3 nitrogen and oxygen atoms in total. The van der Waals surface area contributed by atoms with Gasteiger partial charge in [-0.05, 0) is 19.1 Å². The van der Waals surface area contributed by atoms with Gasteiger partial charge in [0.05, 0.1) is 12.7 Å². The zero-order chi connectivity index (χ0) is 9.23. The van der Waals surface area contributed by atoms with Crippen LogP contribution in [0.15, 0.2) is 0 Å². The molecular formula is C8H18O3S. The first-order valence-electron chi connectivity index (χ1n) is 4.25. The average Bonchev–Trinajstić information content (AvgIpc) is 2.10. The minimum absolute atomic E-state index is 0.140. The molecule has 0 aliphatic rings. The van der Waals surface area contributed by atoms with E-state index in [0.29, 0.717) is 5.75 Å². The zero-order valence-electron chi connectivity index (χ0n) is 7.53. The minimum atomic E-state index is -0.568. The van der Waals surface area contributed by atoms with Crippen LogP contribution in [0.3, 0.4) is 0 Å². The summed E-state index contributed by atoms with van der Waals surface area (Å²) in [6, 6.07) is 0. The van der Waals surface area contributed by atoms with Crippen molar-refractivity contribution in [3.8, 4) is 0 Å². The molecule has 0 aromatic rings. The Bertz CT molecular complexity index is 90.4. The number of aliphatic hydroxyl groups is 2. The Morgan fingerprint density at radius 1 is 1.50 bits per heavy atom. The van der Waals surface area contributed by atoms with E-state index in [0.717, 1.165) is 25.4 Å². The molecule has 2 N–H and O–H groups in total. The van der Waals surface area contributed by atoms with Crippen LogP contribution in [-0.2, 0) is 4.74 Å². The van der Waals surface area contributed by atoms with Crippen molar-refractivity contribution < 1.29 is 14.9 Å². The van der Waals surface area contributed by atoms with Gasteiger partial charge in [-0.2, -0.15) is 11.8 Å². The summed E-state index contributed by atoms with van der Waals surface area (Å²) in [5.74, 6) is 1.60. The lowest BCUT2D eigenvalue weighted by Gasteiger charge is -2.05. The van der Waals surface area contributed by atoms with Crippen molar-refractivity contribution in [2.24, 2.45) is 0 Å². The van der Waals surface area contributed by atoms with Crippen LogP contribution in [0.25, 0.3) is 0 Å². The molecule has 0 spiro atoms. The highest BCUT2D eigenvalue weighted by atomic mass is 32.2. The second-order valence-electron chi connectivity index (χ2n) is 2.46. The number of hydrogen-bond donors (Lipinski definition) is 2. The fourth-order valence-electron chi connectivity index (χ4n) is 0.679. The third-order valence-electron chi connectivity index (χ3n) is 1.30. The fourth-order valence-corrected chi connectivity index (χ4v) is 1.55. The lowest BCUT2D eigenvalue weighted by molar-refractivity contribution is 0.113. The minimum Gasteiger partial charge on any atom is -0.394 e. The van der Waals surface area contributed by atoms with Crippen molar-refractivity contribution in [2.45, 2.75) is 19.4 Å². The number of aliphatic hydroxyl groups excluding tert-OH is 2. The Morgan fingerprint density at radius 3 is 2.83 bits per heavy atom. The van der Waals surface area contributed by atoms with E-state index in [1.54, 1.807) is 11.8 Å². The molecule has 1 atom stereocenters. The number of ether oxygens (including phenoxy) is 1.